The molecule has 2 aromatic carbocycles. The Bertz CT molecular complexity index is 1380. The number of alkyl halides is 3. The van der Waals surface area contributed by atoms with Gasteiger partial charge in [-0.05, 0) is 42.5 Å². The highest BCUT2D eigenvalue weighted by Gasteiger charge is 2.30. The van der Waals surface area contributed by atoms with Gasteiger partial charge in [-0.3, -0.25) is 5.10 Å². The van der Waals surface area contributed by atoms with Gasteiger partial charge in [0.25, 0.3) is 0 Å². The highest BCUT2D eigenvalue weighted by Crippen LogP contribution is 2.32. The molecule has 11 heteroatoms. The van der Waals surface area contributed by atoms with Crippen molar-refractivity contribution in [3.63, 3.8) is 0 Å². The molecule has 32 heavy (non-hydrogen) atoms. The van der Waals surface area contributed by atoms with E-state index < -0.39 is 21.6 Å². The Morgan fingerprint density at radius 1 is 1.00 bits per heavy atom. The Morgan fingerprint density at radius 3 is 2.53 bits per heavy atom. The van der Waals surface area contributed by atoms with Gasteiger partial charge in [0.2, 0.25) is 0 Å². The van der Waals surface area contributed by atoms with Crippen LogP contribution in [0.2, 0.25) is 0 Å². The summed E-state index contributed by atoms with van der Waals surface area (Å²) in [7, 11) is -3.39. The number of pyridine rings is 1. The Morgan fingerprint density at radius 2 is 1.78 bits per heavy atom. The molecule has 164 valence electrons. The number of hydrogen-bond acceptors (Lipinski definition) is 6. The van der Waals surface area contributed by atoms with E-state index in [2.05, 4.69) is 25.5 Å². The Hall–Kier alpha value is -3.73. The first-order chi connectivity index (χ1) is 15.1. The van der Waals surface area contributed by atoms with E-state index in [-0.39, 0.29) is 22.1 Å². The second-order valence-electron chi connectivity index (χ2n) is 6.91. The Labute approximate surface area is 181 Å². The summed E-state index contributed by atoms with van der Waals surface area (Å²) in [6.45, 7) is 0. The van der Waals surface area contributed by atoms with Crippen LogP contribution in [0.3, 0.4) is 0 Å². The number of hydrogen-bond donors (Lipinski definition) is 2. The first-order valence-electron chi connectivity index (χ1n) is 9.24. The van der Waals surface area contributed by atoms with Crippen LogP contribution in [-0.2, 0) is 16.0 Å². The molecule has 4 aromatic rings. The molecular formula is C21H16F3N5O2S. The average Bonchev–Trinajstić information content (AvgIpc) is 3.23. The molecule has 0 aliphatic carbocycles. The van der Waals surface area contributed by atoms with Crippen molar-refractivity contribution in [1.82, 2.24) is 20.2 Å². The van der Waals surface area contributed by atoms with Crippen LogP contribution in [0.5, 0.6) is 0 Å². The lowest BCUT2D eigenvalue weighted by atomic mass is 10.1. The van der Waals surface area contributed by atoms with E-state index >= 15 is 0 Å². The molecule has 0 aliphatic heterocycles. The van der Waals surface area contributed by atoms with Crippen molar-refractivity contribution in [1.29, 1.82) is 0 Å². The predicted octanol–water partition coefficient (Wildman–Crippen LogP) is 4.70. The number of benzene rings is 2. The van der Waals surface area contributed by atoms with Gasteiger partial charge in [-0.25, -0.2) is 18.4 Å². The zero-order chi connectivity index (χ0) is 22.9. The fourth-order valence-corrected chi connectivity index (χ4v) is 3.65. The summed E-state index contributed by atoms with van der Waals surface area (Å²) in [5.74, 6) is 0.747. The summed E-state index contributed by atoms with van der Waals surface area (Å²) < 4.78 is 62.7. The molecule has 0 unspecified atom stereocenters. The smallest absolute Gasteiger partial charge is 0.340 e. The lowest BCUT2D eigenvalue weighted by Gasteiger charge is -2.10. The van der Waals surface area contributed by atoms with Crippen LogP contribution in [0, 0.1) is 0 Å². The van der Waals surface area contributed by atoms with E-state index in [1.165, 1.54) is 30.5 Å². The van der Waals surface area contributed by atoms with E-state index in [9.17, 15) is 21.6 Å². The highest BCUT2D eigenvalue weighted by atomic mass is 32.2. The zero-order valence-corrected chi connectivity index (χ0v) is 17.4. The summed E-state index contributed by atoms with van der Waals surface area (Å²) in [4.78, 5) is 8.74. The molecule has 0 fully saturated rings. The van der Waals surface area contributed by atoms with Gasteiger partial charge in [-0.15, -0.1) is 0 Å². The van der Waals surface area contributed by atoms with Gasteiger partial charge < -0.3 is 5.32 Å². The summed E-state index contributed by atoms with van der Waals surface area (Å²) in [5.41, 5.74) is 0.408. The first kappa shape index (κ1) is 21.5. The molecule has 0 atom stereocenters. The topological polar surface area (TPSA) is 101 Å². The maximum Gasteiger partial charge on any atom is 0.416 e. The van der Waals surface area contributed by atoms with E-state index in [0.29, 0.717) is 17.1 Å². The van der Waals surface area contributed by atoms with Crippen molar-refractivity contribution in [2.75, 3.05) is 11.6 Å². The summed E-state index contributed by atoms with van der Waals surface area (Å²) in [6, 6.07) is 14.3. The number of halogens is 3. The normalized spacial score (nSPS) is 12.0. The molecule has 2 N–H and O–H groups in total. The number of nitrogens with one attached hydrogen (secondary N) is 2. The summed E-state index contributed by atoms with van der Waals surface area (Å²) in [6.07, 6.45) is -1.82. The quantitative estimate of drug-likeness (QED) is 0.449. The molecule has 0 saturated heterocycles. The number of aromatic amines is 1. The van der Waals surface area contributed by atoms with E-state index in [1.807, 2.05) is 0 Å². The van der Waals surface area contributed by atoms with Crippen LogP contribution < -0.4 is 5.32 Å². The van der Waals surface area contributed by atoms with Crippen LogP contribution in [0.1, 0.15) is 5.56 Å². The number of rotatable bonds is 5. The lowest BCUT2D eigenvalue weighted by molar-refractivity contribution is -0.137. The molecule has 0 radical (unpaired) electrons. The molecule has 2 aromatic heterocycles. The molecular weight excluding hydrogens is 443 g/mol. The number of anilines is 2. The minimum absolute atomic E-state index is 0.0972. The molecule has 0 aliphatic rings. The van der Waals surface area contributed by atoms with Crippen LogP contribution >= 0.6 is 0 Å². The number of aromatic nitrogens is 4. The van der Waals surface area contributed by atoms with Crippen molar-refractivity contribution < 1.29 is 21.6 Å². The Balaban J connectivity index is 1.67. The number of H-pyrrole nitrogens is 1. The van der Waals surface area contributed by atoms with Gasteiger partial charge in [0, 0.05) is 23.7 Å². The molecule has 0 saturated carbocycles. The summed E-state index contributed by atoms with van der Waals surface area (Å²) in [5, 5.41) is 9.81. The minimum atomic E-state index is -4.48. The highest BCUT2D eigenvalue weighted by molar-refractivity contribution is 7.90. The standard InChI is InChI=1S/C21H16F3N5O2S/c1-32(30,31)16-8-3-7-15(12-16)26-19-17(9-4-10-25-19)20-27-18(28-29-20)13-5-2-6-14(11-13)21(22,23)24/h2-12H,1H3,(H,25,26)(H,27,28,29). The summed E-state index contributed by atoms with van der Waals surface area (Å²) >= 11 is 0. The fraction of sp³-hybridized carbons (Fsp3) is 0.0952. The number of nitrogens with zero attached hydrogens (tertiary/aromatic N) is 3. The average molecular weight is 459 g/mol. The zero-order valence-electron chi connectivity index (χ0n) is 16.6. The van der Waals surface area contributed by atoms with E-state index in [4.69, 9.17) is 0 Å². The lowest BCUT2D eigenvalue weighted by Crippen LogP contribution is -2.04. The monoisotopic (exact) mass is 459 g/mol. The van der Waals surface area contributed by atoms with E-state index in [1.54, 1.807) is 24.3 Å². The van der Waals surface area contributed by atoms with Crippen molar-refractivity contribution in [3.8, 4) is 22.8 Å². The van der Waals surface area contributed by atoms with Gasteiger partial charge >= 0.3 is 6.18 Å². The first-order valence-corrected chi connectivity index (χ1v) is 11.1. The van der Waals surface area contributed by atoms with Crippen molar-refractivity contribution in [2.24, 2.45) is 0 Å². The third kappa shape index (κ3) is 4.62. The maximum absolute atomic E-state index is 13.0. The van der Waals surface area contributed by atoms with Crippen LogP contribution in [0.15, 0.2) is 71.8 Å². The van der Waals surface area contributed by atoms with Crippen molar-refractivity contribution >= 4 is 21.3 Å². The second-order valence-corrected chi connectivity index (χ2v) is 8.93. The molecule has 2 heterocycles. The van der Waals surface area contributed by atoms with Crippen LogP contribution in [-0.4, -0.2) is 34.8 Å². The van der Waals surface area contributed by atoms with Gasteiger partial charge in [-0.1, -0.05) is 18.2 Å². The molecule has 0 amide bonds. The third-order valence-electron chi connectivity index (χ3n) is 4.52. The van der Waals surface area contributed by atoms with Gasteiger partial charge in [-0.2, -0.15) is 18.3 Å². The molecule has 0 bridgehead atoms. The van der Waals surface area contributed by atoms with E-state index in [0.717, 1.165) is 18.4 Å². The molecule has 0 spiro atoms. The second kappa shape index (κ2) is 8.08. The number of sulfone groups is 1. The fourth-order valence-electron chi connectivity index (χ4n) is 2.98. The minimum Gasteiger partial charge on any atom is -0.340 e. The van der Waals surface area contributed by atoms with Gasteiger partial charge in [0.15, 0.2) is 21.5 Å². The van der Waals surface area contributed by atoms with Crippen molar-refractivity contribution in [3.05, 3.63) is 72.4 Å². The largest absolute Gasteiger partial charge is 0.416 e. The third-order valence-corrected chi connectivity index (χ3v) is 5.63. The van der Waals surface area contributed by atoms with Gasteiger partial charge in [0.05, 0.1) is 16.0 Å². The SMILES string of the molecule is CS(=O)(=O)c1cccc(Nc2ncccc2-c2nc(-c3cccc(C(F)(F)F)c3)n[nH]2)c1. The van der Waals surface area contributed by atoms with Gasteiger partial charge in [0.1, 0.15) is 5.82 Å². The van der Waals surface area contributed by atoms with Crippen LogP contribution in [0.25, 0.3) is 22.8 Å². The molecule has 7 nitrogen and oxygen atoms in total. The maximum atomic E-state index is 13.0. The van der Waals surface area contributed by atoms with Crippen molar-refractivity contribution in [2.45, 2.75) is 11.1 Å². The molecule has 4 rings (SSSR count). The Kier molecular flexibility index (Phi) is 5.43. The van der Waals surface area contributed by atoms with Crippen LogP contribution in [0.4, 0.5) is 24.7 Å². The predicted molar refractivity (Wildman–Crippen MR) is 113 cm³/mol.